The highest BCUT2D eigenvalue weighted by Gasteiger charge is 2.31. The third-order valence-corrected chi connectivity index (χ3v) is 6.25. The van der Waals surface area contributed by atoms with Crippen LogP contribution >= 0.6 is 11.8 Å². The van der Waals surface area contributed by atoms with Crippen LogP contribution in [0.5, 0.6) is 0 Å². The number of thioether (sulfide) groups is 1. The third kappa shape index (κ3) is 5.85. The van der Waals surface area contributed by atoms with Crippen LogP contribution in [0, 0.1) is 0 Å². The zero-order valence-electron chi connectivity index (χ0n) is 18.5. The Morgan fingerprint density at radius 1 is 1.03 bits per heavy atom. The number of carbonyl (C=O) groups is 3. The Kier molecular flexibility index (Phi) is 8.35. The molecule has 2 amide bonds. The number of hydrogen-bond acceptors (Lipinski definition) is 6. The van der Waals surface area contributed by atoms with E-state index in [4.69, 9.17) is 4.74 Å². The Bertz CT molecular complexity index is 966. The van der Waals surface area contributed by atoms with Crippen LogP contribution in [0.25, 0.3) is 11.1 Å². The molecule has 0 aromatic heterocycles. The number of carboxylic acid groups (broad SMARTS) is 1. The molecule has 0 spiro atoms. The highest BCUT2D eigenvalue weighted by molar-refractivity contribution is 7.98. The van der Waals surface area contributed by atoms with Gasteiger partial charge in [-0.2, -0.15) is 11.8 Å². The maximum atomic E-state index is 12.6. The number of hydrogen-bond donors (Lipinski definition) is 4. The van der Waals surface area contributed by atoms with Crippen molar-refractivity contribution in [3.05, 3.63) is 59.7 Å². The molecule has 0 bridgehead atoms. The van der Waals surface area contributed by atoms with Crippen molar-refractivity contribution >= 4 is 29.7 Å². The number of aliphatic hydroxyl groups excluding tert-OH is 1. The molecule has 0 fully saturated rings. The molecule has 33 heavy (non-hydrogen) atoms. The highest BCUT2D eigenvalue weighted by atomic mass is 32.2. The molecule has 0 saturated carbocycles. The Morgan fingerprint density at radius 2 is 1.61 bits per heavy atom. The first kappa shape index (κ1) is 24.6. The predicted molar refractivity (Wildman–Crippen MR) is 126 cm³/mol. The van der Waals surface area contributed by atoms with Crippen LogP contribution < -0.4 is 10.6 Å². The van der Waals surface area contributed by atoms with Crippen molar-refractivity contribution in [2.75, 3.05) is 18.6 Å². The van der Waals surface area contributed by atoms with E-state index in [0.29, 0.717) is 5.75 Å². The van der Waals surface area contributed by atoms with Crippen LogP contribution in [0.15, 0.2) is 48.5 Å². The van der Waals surface area contributed by atoms with Crippen LogP contribution in [0.2, 0.25) is 0 Å². The van der Waals surface area contributed by atoms with E-state index in [9.17, 15) is 24.6 Å². The van der Waals surface area contributed by atoms with Gasteiger partial charge in [-0.05, 0) is 47.6 Å². The van der Waals surface area contributed by atoms with E-state index in [0.717, 1.165) is 22.3 Å². The molecule has 2 unspecified atom stereocenters. The van der Waals surface area contributed by atoms with Crippen LogP contribution in [0.1, 0.15) is 30.4 Å². The average Bonchev–Trinajstić information content (AvgIpc) is 3.12. The number of alkyl carbamates (subject to hydrolysis) is 1. The van der Waals surface area contributed by atoms with E-state index in [1.165, 1.54) is 18.7 Å². The van der Waals surface area contributed by atoms with Crippen molar-refractivity contribution in [2.45, 2.75) is 37.5 Å². The van der Waals surface area contributed by atoms with Gasteiger partial charge in [-0.25, -0.2) is 9.59 Å². The molecule has 3 rings (SSSR count). The number of carbonyl (C=O) groups excluding carboxylic acids is 2. The SMILES string of the molecule is CSCC[C@@H](NC(=O)OCC1c2ccccc2-c2ccccc21)C(=O)NC(C(=O)O)C(C)O. The fourth-order valence-corrected chi connectivity index (χ4v) is 4.40. The monoisotopic (exact) mass is 472 g/mol. The predicted octanol–water partition coefficient (Wildman–Crippen LogP) is 2.60. The summed E-state index contributed by atoms with van der Waals surface area (Å²) in [5.74, 6) is -1.60. The molecular formula is C24H28N2O6S. The van der Waals surface area contributed by atoms with Gasteiger partial charge in [0.25, 0.3) is 0 Å². The summed E-state index contributed by atoms with van der Waals surface area (Å²) in [7, 11) is 0. The number of ether oxygens (including phenoxy) is 1. The summed E-state index contributed by atoms with van der Waals surface area (Å²) in [4.78, 5) is 36.5. The Balaban J connectivity index is 1.66. The van der Waals surface area contributed by atoms with Gasteiger partial charge in [0, 0.05) is 5.92 Å². The zero-order chi connectivity index (χ0) is 24.0. The summed E-state index contributed by atoms with van der Waals surface area (Å²) in [6.07, 6.45) is 0.0886. The number of amides is 2. The second-order valence-corrected chi connectivity index (χ2v) is 8.85. The molecule has 9 heteroatoms. The summed E-state index contributed by atoms with van der Waals surface area (Å²) in [5, 5.41) is 23.7. The number of carboxylic acids is 1. The molecular weight excluding hydrogens is 444 g/mol. The molecule has 0 radical (unpaired) electrons. The second-order valence-electron chi connectivity index (χ2n) is 7.87. The van der Waals surface area contributed by atoms with Gasteiger partial charge in [-0.1, -0.05) is 48.5 Å². The fourth-order valence-electron chi connectivity index (χ4n) is 3.93. The van der Waals surface area contributed by atoms with Gasteiger partial charge in [0.2, 0.25) is 5.91 Å². The van der Waals surface area contributed by atoms with Crippen molar-refractivity contribution in [3.8, 4) is 11.1 Å². The molecule has 2 aromatic carbocycles. The first-order chi connectivity index (χ1) is 15.8. The van der Waals surface area contributed by atoms with Gasteiger partial charge >= 0.3 is 12.1 Å². The van der Waals surface area contributed by atoms with Crippen LogP contribution in [-0.2, 0) is 14.3 Å². The minimum absolute atomic E-state index is 0.0994. The summed E-state index contributed by atoms with van der Waals surface area (Å²) >= 11 is 1.49. The number of nitrogens with one attached hydrogen (secondary N) is 2. The number of aliphatic hydroxyl groups is 1. The summed E-state index contributed by atoms with van der Waals surface area (Å²) < 4.78 is 5.50. The molecule has 4 N–H and O–H groups in total. The van der Waals surface area contributed by atoms with Gasteiger partial charge in [-0.15, -0.1) is 0 Å². The van der Waals surface area contributed by atoms with Crippen LogP contribution in [0.3, 0.4) is 0 Å². The van der Waals surface area contributed by atoms with E-state index in [1.807, 2.05) is 54.8 Å². The topological polar surface area (TPSA) is 125 Å². The molecule has 1 aliphatic rings. The van der Waals surface area contributed by atoms with Crippen molar-refractivity contribution < 1.29 is 29.3 Å². The molecule has 2 aromatic rings. The van der Waals surface area contributed by atoms with Gasteiger partial charge in [0.15, 0.2) is 6.04 Å². The van der Waals surface area contributed by atoms with Crippen molar-refractivity contribution in [1.82, 2.24) is 10.6 Å². The van der Waals surface area contributed by atoms with Gasteiger partial charge in [0.05, 0.1) is 6.10 Å². The summed E-state index contributed by atoms with van der Waals surface area (Å²) in [6, 6.07) is 13.5. The lowest BCUT2D eigenvalue weighted by Gasteiger charge is -2.23. The minimum Gasteiger partial charge on any atom is -0.480 e. The molecule has 0 saturated heterocycles. The van der Waals surface area contributed by atoms with Gasteiger partial charge in [0.1, 0.15) is 12.6 Å². The number of aliphatic carboxylic acids is 1. The summed E-state index contributed by atoms with van der Waals surface area (Å²) in [6.45, 7) is 1.37. The molecule has 0 heterocycles. The normalized spacial score (nSPS) is 15.0. The molecule has 8 nitrogen and oxygen atoms in total. The minimum atomic E-state index is -1.47. The lowest BCUT2D eigenvalue weighted by molar-refractivity contribution is -0.145. The largest absolute Gasteiger partial charge is 0.480 e. The van der Waals surface area contributed by atoms with E-state index in [2.05, 4.69) is 10.6 Å². The Labute approximate surface area is 196 Å². The first-order valence-electron chi connectivity index (χ1n) is 10.6. The number of benzene rings is 2. The summed E-state index contributed by atoms with van der Waals surface area (Å²) in [5.41, 5.74) is 4.36. The van der Waals surface area contributed by atoms with Crippen molar-refractivity contribution in [1.29, 1.82) is 0 Å². The van der Waals surface area contributed by atoms with Crippen molar-refractivity contribution in [3.63, 3.8) is 0 Å². The van der Waals surface area contributed by atoms with E-state index in [-0.39, 0.29) is 18.9 Å². The lowest BCUT2D eigenvalue weighted by Crippen LogP contribution is -2.55. The van der Waals surface area contributed by atoms with Crippen molar-refractivity contribution in [2.24, 2.45) is 0 Å². The van der Waals surface area contributed by atoms with Crippen LogP contribution in [0.4, 0.5) is 4.79 Å². The Hall–Kier alpha value is -3.04. The Morgan fingerprint density at radius 3 is 2.12 bits per heavy atom. The zero-order valence-corrected chi connectivity index (χ0v) is 19.3. The van der Waals surface area contributed by atoms with Gasteiger partial charge < -0.3 is 25.6 Å². The lowest BCUT2D eigenvalue weighted by atomic mass is 9.98. The first-order valence-corrected chi connectivity index (χ1v) is 12.0. The van der Waals surface area contributed by atoms with Crippen LogP contribution in [-0.4, -0.2) is 65.0 Å². The quantitative estimate of drug-likeness (QED) is 0.419. The smallest absolute Gasteiger partial charge is 0.407 e. The molecule has 0 aliphatic heterocycles. The highest BCUT2D eigenvalue weighted by Crippen LogP contribution is 2.44. The number of rotatable bonds is 10. The fraction of sp³-hybridized carbons (Fsp3) is 0.375. The maximum absolute atomic E-state index is 12.6. The molecule has 3 atom stereocenters. The van der Waals surface area contributed by atoms with E-state index < -0.39 is 36.2 Å². The maximum Gasteiger partial charge on any atom is 0.407 e. The second kappa shape index (κ2) is 11.2. The number of fused-ring (bicyclic) bond motifs is 3. The average molecular weight is 473 g/mol. The third-order valence-electron chi connectivity index (χ3n) is 5.61. The molecule has 1 aliphatic carbocycles. The molecule has 176 valence electrons. The van der Waals surface area contributed by atoms with E-state index in [1.54, 1.807) is 0 Å². The van der Waals surface area contributed by atoms with Gasteiger partial charge in [-0.3, -0.25) is 4.79 Å². The standard InChI is InChI=1S/C24H28N2O6S/c1-14(27)21(23(29)30)26-22(28)20(11-12-33-2)25-24(31)32-13-19-17-9-5-3-7-15(17)16-8-4-6-10-18(16)19/h3-10,14,19-21,27H,11-13H2,1-2H3,(H,25,31)(H,26,28)(H,29,30)/t14?,20-,21?/m1/s1. The van der Waals surface area contributed by atoms with E-state index >= 15 is 0 Å².